The Labute approximate surface area is 107 Å². The number of hydrogen-bond acceptors (Lipinski definition) is 2. The second-order valence-electron chi connectivity index (χ2n) is 4.68. The summed E-state index contributed by atoms with van der Waals surface area (Å²) in [5, 5.41) is 2.22. The number of nitrogens with two attached hydrogens (primary N) is 1. The van der Waals surface area contributed by atoms with E-state index in [0.717, 1.165) is 0 Å². The Morgan fingerprint density at radius 3 is 2.59 bits per heavy atom. The molecule has 2 aromatic rings. The highest BCUT2D eigenvalue weighted by Gasteiger charge is 2.08. The van der Waals surface area contributed by atoms with Crippen molar-refractivity contribution in [3.8, 4) is 10.4 Å². The van der Waals surface area contributed by atoms with E-state index in [1.807, 2.05) is 0 Å². The molecular weight excluding hydrogens is 226 g/mol. The van der Waals surface area contributed by atoms with Gasteiger partial charge in [-0.2, -0.15) is 0 Å². The van der Waals surface area contributed by atoms with Gasteiger partial charge in [0.25, 0.3) is 0 Å². The SMILES string of the molecule is Cc1ccc(-c2cc(C(C)CN)cs2)cc1C. The van der Waals surface area contributed by atoms with Crippen LogP contribution in [-0.2, 0) is 0 Å². The van der Waals surface area contributed by atoms with E-state index in [9.17, 15) is 0 Å². The van der Waals surface area contributed by atoms with E-state index >= 15 is 0 Å². The van der Waals surface area contributed by atoms with Crippen LogP contribution in [0.3, 0.4) is 0 Å². The van der Waals surface area contributed by atoms with Crippen molar-refractivity contribution in [2.45, 2.75) is 26.7 Å². The molecule has 17 heavy (non-hydrogen) atoms. The molecule has 0 saturated carbocycles. The minimum atomic E-state index is 0.451. The second kappa shape index (κ2) is 5.03. The molecule has 1 heterocycles. The number of thiophene rings is 1. The molecule has 0 aliphatic rings. The van der Waals surface area contributed by atoms with Crippen molar-refractivity contribution in [3.63, 3.8) is 0 Å². The van der Waals surface area contributed by atoms with Crippen LogP contribution in [0.2, 0.25) is 0 Å². The zero-order valence-corrected chi connectivity index (χ0v) is 11.5. The van der Waals surface area contributed by atoms with Crippen molar-refractivity contribution in [1.29, 1.82) is 0 Å². The Morgan fingerprint density at radius 1 is 1.18 bits per heavy atom. The minimum Gasteiger partial charge on any atom is -0.330 e. The molecule has 1 aromatic heterocycles. The van der Waals surface area contributed by atoms with Crippen molar-refractivity contribution in [1.82, 2.24) is 0 Å². The lowest BCUT2D eigenvalue weighted by Crippen LogP contribution is -2.07. The Bertz CT molecular complexity index is 513. The summed E-state index contributed by atoms with van der Waals surface area (Å²) in [4.78, 5) is 1.34. The van der Waals surface area contributed by atoms with Crippen molar-refractivity contribution in [3.05, 3.63) is 46.3 Å². The highest BCUT2D eigenvalue weighted by Crippen LogP contribution is 2.31. The summed E-state index contributed by atoms with van der Waals surface area (Å²) >= 11 is 1.81. The number of aryl methyl sites for hydroxylation is 2. The molecule has 0 saturated heterocycles. The average Bonchev–Trinajstić information content (AvgIpc) is 2.81. The van der Waals surface area contributed by atoms with Crippen LogP contribution in [0.15, 0.2) is 29.6 Å². The number of benzene rings is 1. The predicted molar refractivity (Wildman–Crippen MR) is 76.7 cm³/mol. The highest BCUT2D eigenvalue weighted by atomic mass is 32.1. The lowest BCUT2D eigenvalue weighted by molar-refractivity contribution is 0.778. The number of hydrogen-bond donors (Lipinski definition) is 1. The van der Waals surface area contributed by atoms with Gasteiger partial charge >= 0.3 is 0 Å². The van der Waals surface area contributed by atoms with Gasteiger partial charge in [-0.05, 0) is 60.0 Å². The Hall–Kier alpha value is -1.12. The van der Waals surface area contributed by atoms with Gasteiger partial charge in [0, 0.05) is 4.88 Å². The predicted octanol–water partition coefficient (Wildman–Crippen LogP) is 4.09. The van der Waals surface area contributed by atoms with Crippen molar-refractivity contribution < 1.29 is 0 Å². The molecule has 0 radical (unpaired) electrons. The topological polar surface area (TPSA) is 26.0 Å². The standard InChI is InChI=1S/C15H19NS/c1-10-4-5-13(6-11(10)2)15-7-14(9-17-15)12(3)8-16/h4-7,9,12H,8,16H2,1-3H3. The van der Waals surface area contributed by atoms with Crippen molar-refractivity contribution >= 4 is 11.3 Å². The van der Waals surface area contributed by atoms with Crippen LogP contribution < -0.4 is 5.73 Å². The third-order valence-electron chi connectivity index (χ3n) is 3.33. The summed E-state index contributed by atoms with van der Waals surface area (Å²) in [6.45, 7) is 7.20. The van der Waals surface area contributed by atoms with Crippen LogP contribution >= 0.6 is 11.3 Å². The molecule has 1 unspecified atom stereocenters. The van der Waals surface area contributed by atoms with Crippen LogP contribution in [0.4, 0.5) is 0 Å². The van der Waals surface area contributed by atoms with Gasteiger partial charge < -0.3 is 5.73 Å². The summed E-state index contributed by atoms with van der Waals surface area (Å²) in [6.07, 6.45) is 0. The average molecular weight is 245 g/mol. The third kappa shape index (κ3) is 2.59. The van der Waals surface area contributed by atoms with Gasteiger partial charge in [0.05, 0.1) is 0 Å². The molecule has 0 spiro atoms. The zero-order chi connectivity index (χ0) is 12.4. The molecular formula is C15H19NS. The van der Waals surface area contributed by atoms with Gasteiger partial charge in [0.15, 0.2) is 0 Å². The Kier molecular flexibility index (Phi) is 3.65. The lowest BCUT2D eigenvalue weighted by atomic mass is 10.0. The van der Waals surface area contributed by atoms with Crippen molar-refractivity contribution in [2.75, 3.05) is 6.54 Å². The first kappa shape index (κ1) is 12.3. The molecule has 0 bridgehead atoms. The molecule has 2 heteroatoms. The summed E-state index contributed by atoms with van der Waals surface area (Å²) in [5.41, 5.74) is 11.1. The quantitative estimate of drug-likeness (QED) is 0.866. The van der Waals surface area contributed by atoms with Gasteiger partial charge in [-0.25, -0.2) is 0 Å². The maximum Gasteiger partial charge on any atom is 0.0345 e. The van der Waals surface area contributed by atoms with E-state index in [4.69, 9.17) is 5.73 Å². The van der Waals surface area contributed by atoms with Crippen molar-refractivity contribution in [2.24, 2.45) is 5.73 Å². The van der Waals surface area contributed by atoms with Gasteiger partial charge in [0.2, 0.25) is 0 Å². The van der Waals surface area contributed by atoms with Crippen LogP contribution in [0.25, 0.3) is 10.4 Å². The van der Waals surface area contributed by atoms with Crippen LogP contribution in [-0.4, -0.2) is 6.54 Å². The molecule has 2 rings (SSSR count). The van der Waals surface area contributed by atoms with Gasteiger partial charge in [-0.1, -0.05) is 25.1 Å². The maximum absolute atomic E-state index is 5.70. The molecule has 0 fully saturated rings. The van der Waals surface area contributed by atoms with Gasteiger partial charge in [-0.15, -0.1) is 11.3 Å². The molecule has 2 N–H and O–H groups in total. The fourth-order valence-electron chi connectivity index (χ4n) is 1.79. The summed E-state index contributed by atoms with van der Waals surface area (Å²) < 4.78 is 0. The Morgan fingerprint density at radius 2 is 1.94 bits per heavy atom. The van der Waals surface area contributed by atoms with Gasteiger partial charge in [-0.3, -0.25) is 0 Å². The van der Waals surface area contributed by atoms with E-state index in [0.29, 0.717) is 12.5 Å². The number of rotatable bonds is 3. The Balaban J connectivity index is 2.33. The monoisotopic (exact) mass is 245 g/mol. The van der Waals surface area contributed by atoms with E-state index < -0.39 is 0 Å². The summed E-state index contributed by atoms with van der Waals surface area (Å²) in [5.74, 6) is 0.451. The smallest absolute Gasteiger partial charge is 0.0345 e. The fraction of sp³-hybridized carbons (Fsp3) is 0.333. The van der Waals surface area contributed by atoms with Crippen LogP contribution in [0.1, 0.15) is 29.5 Å². The third-order valence-corrected chi connectivity index (χ3v) is 4.33. The van der Waals surface area contributed by atoms with E-state index in [2.05, 4.69) is 50.4 Å². The minimum absolute atomic E-state index is 0.451. The van der Waals surface area contributed by atoms with Gasteiger partial charge in [0.1, 0.15) is 0 Å². The molecule has 0 aliphatic heterocycles. The van der Waals surface area contributed by atoms with E-state index in [1.54, 1.807) is 11.3 Å². The first-order valence-electron chi connectivity index (χ1n) is 5.98. The zero-order valence-electron chi connectivity index (χ0n) is 10.7. The van der Waals surface area contributed by atoms with E-state index in [-0.39, 0.29) is 0 Å². The normalized spacial score (nSPS) is 12.7. The lowest BCUT2D eigenvalue weighted by Gasteiger charge is -2.05. The van der Waals surface area contributed by atoms with Crippen LogP contribution in [0.5, 0.6) is 0 Å². The van der Waals surface area contributed by atoms with E-state index in [1.165, 1.54) is 27.1 Å². The molecule has 0 amide bonds. The summed E-state index contributed by atoms with van der Waals surface area (Å²) in [6, 6.07) is 8.92. The highest BCUT2D eigenvalue weighted by molar-refractivity contribution is 7.13. The van der Waals surface area contributed by atoms with Crippen LogP contribution in [0, 0.1) is 13.8 Å². The molecule has 90 valence electrons. The maximum atomic E-state index is 5.70. The molecule has 1 nitrogen and oxygen atoms in total. The first-order chi connectivity index (χ1) is 8.11. The second-order valence-corrected chi connectivity index (χ2v) is 5.59. The summed E-state index contributed by atoms with van der Waals surface area (Å²) in [7, 11) is 0. The molecule has 1 aromatic carbocycles. The fourth-order valence-corrected chi connectivity index (χ4v) is 2.82. The molecule has 1 atom stereocenters. The first-order valence-corrected chi connectivity index (χ1v) is 6.86. The largest absolute Gasteiger partial charge is 0.330 e. The molecule has 0 aliphatic carbocycles.